The number of methoxy groups -OCH3 is 1. The maximum Gasteiger partial charge on any atom is 0.263 e. The van der Waals surface area contributed by atoms with E-state index < -0.39 is 0 Å². The number of benzene rings is 1. The monoisotopic (exact) mass is 344 g/mol. The summed E-state index contributed by atoms with van der Waals surface area (Å²) in [6.07, 6.45) is 0. The third-order valence-electron chi connectivity index (χ3n) is 4.32. The average molecular weight is 344 g/mol. The molecule has 1 fully saturated rings. The molecule has 0 atom stereocenters. The minimum atomic E-state index is -0.0823. The number of carbonyl (C=O) groups excluding carboxylic acids is 2. The number of hydrogen-bond donors (Lipinski definition) is 1. The van der Waals surface area contributed by atoms with Crippen molar-refractivity contribution < 1.29 is 14.3 Å². The molecule has 0 spiro atoms. The number of thiophene rings is 1. The molecule has 0 unspecified atom stereocenters. The lowest BCUT2D eigenvalue weighted by Crippen LogP contribution is -2.55. The van der Waals surface area contributed by atoms with Crippen molar-refractivity contribution in [1.82, 2.24) is 10.2 Å². The van der Waals surface area contributed by atoms with Gasteiger partial charge in [-0.1, -0.05) is 12.1 Å². The summed E-state index contributed by atoms with van der Waals surface area (Å²) in [4.78, 5) is 27.6. The Morgan fingerprint density at radius 3 is 2.50 bits per heavy atom. The highest BCUT2D eigenvalue weighted by Crippen LogP contribution is 2.33. The minimum absolute atomic E-state index is 0.000307. The molecule has 1 aliphatic heterocycles. The van der Waals surface area contributed by atoms with Gasteiger partial charge < -0.3 is 15.0 Å². The lowest BCUT2D eigenvalue weighted by molar-refractivity contribution is -0.128. The molecule has 1 aromatic heterocycles. The van der Waals surface area contributed by atoms with Crippen LogP contribution in [0.2, 0.25) is 0 Å². The predicted octanol–water partition coefficient (Wildman–Crippen LogP) is 2.55. The summed E-state index contributed by atoms with van der Waals surface area (Å²) < 4.78 is 5.18. The second-order valence-corrected chi connectivity index (χ2v) is 7.09. The van der Waals surface area contributed by atoms with Crippen LogP contribution < -0.4 is 10.1 Å². The number of nitrogens with one attached hydrogen (secondary N) is 1. The van der Waals surface area contributed by atoms with Crippen LogP contribution in [0.15, 0.2) is 30.3 Å². The van der Waals surface area contributed by atoms with Crippen LogP contribution in [0.3, 0.4) is 0 Å². The van der Waals surface area contributed by atoms with E-state index in [9.17, 15) is 9.59 Å². The zero-order valence-corrected chi connectivity index (χ0v) is 14.8. The molecule has 2 amide bonds. The summed E-state index contributed by atoms with van der Waals surface area (Å²) in [6.45, 7) is 3.01. The number of carbonyl (C=O) groups is 2. The second-order valence-electron chi connectivity index (χ2n) is 5.83. The molecule has 2 heterocycles. The van der Waals surface area contributed by atoms with Gasteiger partial charge in [0, 0.05) is 25.0 Å². The van der Waals surface area contributed by atoms with Gasteiger partial charge in [-0.2, -0.15) is 0 Å². The number of aryl methyl sites for hydroxylation is 1. The predicted molar refractivity (Wildman–Crippen MR) is 94.5 cm³/mol. The fourth-order valence-corrected chi connectivity index (χ4v) is 3.82. The van der Waals surface area contributed by atoms with E-state index in [2.05, 4.69) is 5.32 Å². The second kappa shape index (κ2) is 6.65. The lowest BCUT2D eigenvalue weighted by Gasteiger charge is -2.37. The molecule has 6 heteroatoms. The Bertz CT molecular complexity index is 761. The average Bonchev–Trinajstić information content (AvgIpc) is 2.95. The van der Waals surface area contributed by atoms with Gasteiger partial charge in [-0.3, -0.25) is 9.59 Å². The molecule has 1 aliphatic rings. The quantitative estimate of drug-likeness (QED) is 0.927. The van der Waals surface area contributed by atoms with Gasteiger partial charge in [-0.25, -0.2) is 0 Å². The topological polar surface area (TPSA) is 58.6 Å². The van der Waals surface area contributed by atoms with Crippen molar-refractivity contribution >= 4 is 23.2 Å². The van der Waals surface area contributed by atoms with E-state index in [0.29, 0.717) is 18.0 Å². The highest BCUT2D eigenvalue weighted by Gasteiger charge is 2.36. The third-order valence-corrected chi connectivity index (χ3v) is 5.35. The van der Waals surface area contributed by atoms with Crippen LogP contribution >= 0.6 is 11.3 Å². The van der Waals surface area contributed by atoms with Crippen LogP contribution in [-0.2, 0) is 4.79 Å². The van der Waals surface area contributed by atoms with E-state index in [1.807, 2.05) is 37.3 Å². The van der Waals surface area contributed by atoms with Crippen LogP contribution in [0.25, 0.3) is 11.1 Å². The van der Waals surface area contributed by atoms with E-state index >= 15 is 0 Å². The van der Waals surface area contributed by atoms with E-state index in [0.717, 1.165) is 21.8 Å². The Morgan fingerprint density at radius 2 is 1.92 bits per heavy atom. The van der Waals surface area contributed by atoms with E-state index in [1.165, 1.54) is 11.3 Å². The van der Waals surface area contributed by atoms with Gasteiger partial charge in [-0.15, -0.1) is 11.3 Å². The van der Waals surface area contributed by atoms with Crippen molar-refractivity contribution in [3.63, 3.8) is 0 Å². The molecule has 5 nitrogen and oxygen atoms in total. The van der Waals surface area contributed by atoms with Gasteiger partial charge in [0.05, 0.1) is 17.9 Å². The van der Waals surface area contributed by atoms with Gasteiger partial charge in [-0.05, 0) is 36.2 Å². The maximum atomic E-state index is 12.6. The number of hydrogen-bond acceptors (Lipinski definition) is 4. The maximum absolute atomic E-state index is 12.6. The van der Waals surface area contributed by atoms with Crippen molar-refractivity contribution in [3.8, 4) is 16.9 Å². The molecule has 1 aromatic carbocycles. The molecule has 2 aromatic rings. The molecule has 24 heavy (non-hydrogen) atoms. The summed E-state index contributed by atoms with van der Waals surface area (Å²) in [5.41, 5.74) is 2.13. The van der Waals surface area contributed by atoms with Crippen LogP contribution in [-0.4, -0.2) is 44.0 Å². The highest BCUT2D eigenvalue weighted by atomic mass is 32.1. The van der Waals surface area contributed by atoms with Crippen molar-refractivity contribution in [2.45, 2.75) is 6.92 Å². The Labute approximate surface area is 145 Å². The Morgan fingerprint density at radius 1 is 1.25 bits per heavy atom. The number of nitrogens with zero attached hydrogens (tertiary/aromatic N) is 1. The van der Waals surface area contributed by atoms with E-state index in [1.54, 1.807) is 19.1 Å². The summed E-state index contributed by atoms with van der Waals surface area (Å²) in [5.74, 6) is 0.730. The molecule has 0 bridgehead atoms. The molecular weight excluding hydrogens is 324 g/mol. The summed E-state index contributed by atoms with van der Waals surface area (Å²) >= 11 is 1.50. The molecule has 3 rings (SSSR count). The molecule has 126 valence electrons. The van der Waals surface area contributed by atoms with Gasteiger partial charge in [0.15, 0.2) is 0 Å². The Balaban J connectivity index is 1.74. The van der Waals surface area contributed by atoms with Crippen LogP contribution in [0.5, 0.6) is 5.75 Å². The number of amides is 2. The number of rotatable bonds is 4. The van der Waals surface area contributed by atoms with Crippen LogP contribution in [0, 0.1) is 12.8 Å². The lowest BCUT2D eigenvalue weighted by atomic mass is 9.99. The highest BCUT2D eigenvalue weighted by molar-refractivity contribution is 7.14. The van der Waals surface area contributed by atoms with Crippen molar-refractivity contribution in [1.29, 1.82) is 0 Å². The zero-order valence-electron chi connectivity index (χ0n) is 14.0. The molecule has 0 aliphatic carbocycles. The van der Waals surface area contributed by atoms with Crippen molar-refractivity contribution in [2.75, 3.05) is 27.2 Å². The normalized spacial score (nSPS) is 14.2. The number of likely N-dealkylation sites (tertiary alicyclic amines) is 1. The van der Waals surface area contributed by atoms with Gasteiger partial charge >= 0.3 is 0 Å². The largest absolute Gasteiger partial charge is 0.497 e. The van der Waals surface area contributed by atoms with Gasteiger partial charge in [0.1, 0.15) is 5.75 Å². The molecule has 0 saturated carbocycles. The first-order valence-corrected chi connectivity index (χ1v) is 8.61. The zero-order chi connectivity index (χ0) is 17.3. The van der Waals surface area contributed by atoms with E-state index in [4.69, 9.17) is 4.74 Å². The summed E-state index contributed by atoms with van der Waals surface area (Å²) in [5, 5.41) is 2.63. The van der Waals surface area contributed by atoms with E-state index in [-0.39, 0.29) is 17.7 Å². The molecule has 1 N–H and O–H groups in total. The van der Waals surface area contributed by atoms with Gasteiger partial charge in [0.2, 0.25) is 5.91 Å². The third kappa shape index (κ3) is 3.01. The fourth-order valence-electron chi connectivity index (χ4n) is 2.81. The SMILES string of the molecule is CNC(=O)C1CN(C(=O)c2cc(-c3ccc(OC)cc3)c(C)s2)C1. The summed E-state index contributed by atoms with van der Waals surface area (Å²) in [6, 6.07) is 9.76. The molecule has 0 radical (unpaired) electrons. The Hall–Kier alpha value is -2.34. The molecular formula is C18H20N2O3S. The van der Waals surface area contributed by atoms with Crippen LogP contribution in [0.1, 0.15) is 14.5 Å². The first-order valence-electron chi connectivity index (χ1n) is 7.79. The molecule has 1 saturated heterocycles. The fraction of sp³-hybridized carbons (Fsp3) is 0.333. The van der Waals surface area contributed by atoms with Gasteiger partial charge in [0.25, 0.3) is 5.91 Å². The van der Waals surface area contributed by atoms with Crippen molar-refractivity contribution in [3.05, 3.63) is 40.1 Å². The standard InChI is InChI=1S/C18H20N2O3S/c1-11-15(12-4-6-14(23-3)7-5-12)8-16(24-11)18(22)20-9-13(10-20)17(21)19-2/h4-8,13H,9-10H2,1-3H3,(H,19,21). The Kier molecular flexibility index (Phi) is 4.57. The first-order chi connectivity index (χ1) is 11.5. The van der Waals surface area contributed by atoms with Crippen LogP contribution in [0.4, 0.5) is 0 Å². The number of ether oxygens (including phenoxy) is 1. The smallest absolute Gasteiger partial charge is 0.263 e. The summed E-state index contributed by atoms with van der Waals surface area (Å²) in [7, 11) is 3.26. The first kappa shape index (κ1) is 16.5. The van der Waals surface area contributed by atoms with Crippen molar-refractivity contribution in [2.24, 2.45) is 5.92 Å². The minimum Gasteiger partial charge on any atom is -0.497 e.